The van der Waals surface area contributed by atoms with Crippen LogP contribution in [0.5, 0.6) is 0 Å². The van der Waals surface area contributed by atoms with Gasteiger partial charge in [-0.05, 0) is 24.1 Å². The number of nitrogens with zero attached hydrogens (tertiary/aromatic N) is 1. The maximum atomic E-state index is 12.4. The Labute approximate surface area is 154 Å². The Kier molecular flexibility index (Phi) is 5.74. The summed E-state index contributed by atoms with van der Waals surface area (Å²) in [5.41, 5.74) is 8.47. The predicted molar refractivity (Wildman–Crippen MR) is 102 cm³/mol. The maximum Gasteiger partial charge on any atom is 0.234 e. The number of likely N-dealkylation sites (tertiary alicyclic amines) is 1. The molecule has 3 N–H and O–H groups in total. The number of rotatable bonds is 5. The summed E-state index contributed by atoms with van der Waals surface area (Å²) in [5.74, 6) is 0.267. The topological polar surface area (TPSA) is 58.4 Å². The molecule has 2 aromatic carbocycles. The van der Waals surface area contributed by atoms with Crippen LogP contribution in [-0.4, -0.2) is 36.5 Å². The number of carbonyl (C=O) groups excluding carboxylic acids is 1. The molecule has 1 aliphatic rings. The van der Waals surface area contributed by atoms with Crippen molar-refractivity contribution in [3.8, 4) is 0 Å². The molecule has 5 heteroatoms. The average molecular weight is 358 g/mol. The van der Waals surface area contributed by atoms with E-state index in [1.54, 1.807) is 0 Å². The first kappa shape index (κ1) is 17.9. The summed E-state index contributed by atoms with van der Waals surface area (Å²) in [4.78, 5) is 14.5. The minimum absolute atomic E-state index is 0.00617. The number of benzene rings is 2. The van der Waals surface area contributed by atoms with Crippen molar-refractivity contribution in [1.29, 1.82) is 0 Å². The minimum atomic E-state index is -0.123. The Balaban J connectivity index is 1.56. The maximum absolute atomic E-state index is 12.4. The van der Waals surface area contributed by atoms with Crippen LogP contribution in [0, 0.1) is 0 Å². The lowest BCUT2D eigenvalue weighted by Crippen LogP contribution is -2.38. The molecule has 2 aromatic rings. The second-order valence-electron chi connectivity index (χ2n) is 6.69. The van der Waals surface area contributed by atoms with Gasteiger partial charge >= 0.3 is 0 Å². The quantitative estimate of drug-likeness (QED) is 0.865. The minimum Gasteiger partial charge on any atom is -0.348 e. The van der Waals surface area contributed by atoms with Crippen LogP contribution >= 0.6 is 11.6 Å². The van der Waals surface area contributed by atoms with Crippen molar-refractivity contribution in [2.75, 3.05) is 19.6 Å². The fourth-order valence-electron chi connectivity index (χ4n) is 3.49. The third kappa shape index (κ3) is 4.40. The van der Waals surface area contributed by atoms with Crippen LogP contribution in [0.1, 0.15) is 30.0 Å². The first-order valence-corrected chi connectivity index (χ1v) is 8.99. The van der Waals surface area contributed by atoms with Gasteiger partial charge in [0.1, 0.15) is 0 Å². The van der Waals surface area contributed by atoms with Crippen LogP contribution in [0.25, 0.3) is 0 Å². The van der Waals surface area contributed by atoms with E-state index in [0.29, 0.717) is 11.6 Å². The summed E-state index contributed by atoms with van der Waals surface area (Å²) in [6.45, 7) is 3.83. The predicted octanol–water partition coefficient (Wildman–Crippen LogP) is 2.94. The van der Waals surface area contributed by atoms with Gasteiger partial charge in [0.05, 0.1) is 12.6 Å². The molecule has 0 aliphatic carbocycles. The number of nitrogens with one attached hydrogen (secondary N) is 1. The third-order valence-electron chi connectivity index (χ3n) is 4.78. The van der Waals surface area contributed by atoms with Gasteiger partial charge in [0.15, 0.2) is 0 Å². The Morgan fingerprint density at radius 1 is 1.20 bits per heavy atom. The van der Waals surface area contributed by atoms with E-state index in [1.807, 2.05) is 49.4 Å². The zero-order chi connectivity index (χ0) is 17.8. The fraction of sp³-hybridized carbons (Fsp3) is 0.350. The van der Waals surface area contributed by atoms with Crippen LogP contribution < -0.4 is 11.1 Å². The second kappa shape index (κ2) is 8.00. The number of carbonyl (C=O) groups is 1. The lowest BCUT2D eigenvalue weighted by Gasteiger charge is -2.19. The summed E-state index contributed by atoms with van der Waals surface area (Å²) in [6, 6.07) is 17.8. The van der Waals surface area contributed by atoms with Gasteiger partial charge in [0, 0.05) is 30.1 Å². The standard InChI is InChI=1S/C20H24ClN3O/c1-14(16-9-5-6-10-18(16)21)23-20(25)13-24-11-17(19(22)12-24)15-7-3-2-4-8-15/h2-10,14,17,19H,11-13,22H2,1H3,(H,23,25)/t14?,17-,19+/m0/s1. The summed E-state index contributed by atoms with van der Waals surface area (Å²) >= 11 is 6.20. The molecule has 1 heterocycles. The van der Waals surface area contributed by atoms with E-state index in [2.05, 4.69) is 22.3 Å². The molecule has 3 atom stereocenters. The first-order valence-electron chi connectivity index (χ1n) is 8.61. The molecule has 1 saturated heterocycles. The molecule has 0 aromatic heterocycles. The summed E-state index contributed by atoms with van der Waals surface area (Å²) in [5, 5.41) is 3.70. The van der Waals surface area contributed by atoms with Crippen molar-refractivity contribution < 1.29 is 4.79 Å². The molecule has 0 bridgehead atoms. The third-order valence-corrected chi connectivity index (χ3v) is 5.13. The van der Waals surface area contributed by atoms with Crippen LogP contribution in [0.2, 0.25) is 5.02 Å². The van der Waals surface area contributed by atoms with Gasteiger partial charge in [-0.25, -0.2) is 0 Å². The smallest absolute Gasteiger partial charge is 0.234 e. The van der Waals surface area contributed by atoms with Crippen molar-refractivity contribution in [3.63, 3.8) is 0 Å². The summed E-state index contributed by atoms with van der Waals surface area (Å²) in [7, 11) is 0. The van der Waals surface area contributed by atoms with Crippen molar-refractivity contribution in [3.05, 3.63) is 70.7 Å². The van der Waals surface area contributed by atoms with Gasteiger partial charge in [-0.15, -0.1) is 0 Å². The van der Waals surface area contributed by atoms with Gasteiger partial charge in [0.25, 0.3) is 0 Å². The molecule has 132 valence electrons. The van der Waals surface area contributed by atoms with E-state index < -0.39 is 0 Å². The number of nitrogens with two attached hydrogens (primary N) is 1. The van der Waals surface area contributed by atoms with Crippen molar-refractivity contribution in [2.45, 2.75) is 24.9 Å². The molecule has 25 heavy (non-hydrogen) atoms. The monoisotopic (exact) mass is 357 g/mol. The normalized spacial score (nSPS) is 21.9. The van der Waals surface area contributed by atoms with Crippen molar-refractivity contribution in [2.24, 2.45) is 5.73 Å². The average Bonchev–Trinajstić information content (AvgIpc) is 2.96. The van der Waals surface area contributed by atoms with E-state index in [1.165, 1.54) is 5.56 Å². The molecule has 0 radical (unpaired) electrons. The lowest BCUT2D eigenvalue weighted by atomic mass is 9.95. The van der Waals surface area contributed by atoms with Crippen LogP contribution in [0.15, 0.2) is 54.6 Å². The molecule has 0 spiro atoms. The molecule has 1 unspecified atom stereocenters. The summed E-state index contributed by atoms with van der Waals surface area (Å²) in [6.07, 6.45) is 0. The Morgan fingerprint density at radius 2 is 1.88 bits per heavy atom. The van der Waals surface area contributed by atoms with Crippen molar-refractivity contribution in [1.82, 2.24) is 10.2 Å². The molecular formula is C20H24ClN3O. The SMILES string of the molecule is CC(NC(=O)CN1C[C@@H](N)[C@H](c2ccccc2)C1)c1ccccc1Cl. The zero-order valence-electron chi connectivity index (χ0n) is 14.4. The summed E-state index contributed by atoms with van der Waals surface area (Å²) < 4.78 is 0. The van der Waals surface area contributed by atoms with Crippen LogP contribution in [-0.2, 0) is 4.79 Å². The molecule has 0 saturated carbocycles. The van der Waals surface area contributed by atoms with Crippen molar-refractivity contribution >= 4 is 17.5 Å². The lowest BCUT2D eigenvalue weighted by molar-refractivity contribution is -0.122. The van der Waals surface area contributed by atoms with E-state index >= 15 is 0 Å². The molecule has 1 amide bonds. The molecule has 1 aliphatic heterocycles. The van der Waals surface area contributed by atoms with Gasteiger partial charge in [0.2, 0.25) is 5.91 Å². The van der Waals surface area contributed by atoms with Gasteiger partial charge in [-0.1, -0.05) is 60.1 Å². The zero-order valence-corrected chi connectivity index (χ0v) is 15.1. The Bertz CT molecular complexity index is 722. The molecule has 1 fully saturated rings. The Morgan fingerprint density at radius 3 is 2.60 bits per heavy atom. The first-order chi connectivity index (χ1) is 12.0. The van der Waals surface area contributed by atoms with E-state index in [9.17, 15) is 4.79 Å². The van der Waals surface area contributed by atoms with Gasteiger partial charge < -0.3 is 11.1 Å². The van der Waals surface area contributed by atoms with Gasteiger partial charge in [-0.2, -0.15) is 0 Å². The molecule has 4 nitrogen and oxygen atoms in total. The molecule has 3 rings (SSSR count). The van der Waals surface area contributed by atoms with E-state index in [4.69, 9.17) is 17.3 Å². The fourth-order valence-corrected chi connectivity index (χ4v) is 3.79. The highest BCUT2D eigenvalue weighted by atomic mass is 35.5. The highest BCUT2D eigenvalue weighted by molar-refractivity contribution is 6.31. The van der Waals surface area contributed by atoms with Gasteiger partial charge in [-0.3, -0.25) is 9.69 Å². The highest BCUT2D eigenvalue weighted by Crippen LogP contribution is 2.26. The van der Waals surface area contributed by atoms with Crippen LogP contribution in [0.3, 0.4) is 0 Å². The Hall–Kier alpha value is -1.88. The second-order valence-corrected chi connectivity index (χ2v) is 7.09. The number of halogens is 1. The number of hydrogen-bond acceptors (Lipinski definition) is 3. The number of amides is 1. The van der Waals surface area contributed by atoms with Crippen LogP contribution in [0.4, 0.5) is 0 Å². The molecular weight excluding hydrogens is 334 g/mol. The van der Waals surface area contributed by atoms with E-state index in [0.717, 1.165) is 18.7 Å². The van der Waals surface area contributed by atoms with E-state index in [-0.39, 0.29) is 23.9 Å². The largest absolute Gasteiger partial charge is 0.348 e. The highest BCUT2D eigenvalue weighted by Gasteiger charge is 2.32. The number of hydrogen-bond donors (Lipinski definition) is 2.